The van der Waals surface area contributed by atoms with E-state index in [1.165, 1.54) is 19.1 Å². The van der Waals surface area contributed by atoms with Crippen LogP contribution in [0.2, 0.25) is 0 Å². The normalized spacial score (nSPS) is 19.8. The summed E-state index contributed by atoms with van der Waals surface area (Å²) in [4.78, 5) is 12.2. The molecule has 0 aromatic heterocycles. The average molecular weight is 350 g/mol. The molecule has 1 unspecified atom stereocenters. The largest absolute Gasteiger partial charge is 0.416 e. The van der Waals surface area contributed by atoms with E-state index in [0.29, 0.717) is 12.8 Å². The minimum atomic E-state index is -4.52. The van der Waals surface area contributed by atoms with Gasteiger partial charge in [0.15, 0.2) is 0 Å². The van der Waals surface area contributed by atoms with Crippen molar-refractivity contribution in [2.45, 2.75) is 32.0 Å². The molecule has 5 nitrogen and oxygen atoms in total. The second-order valence-corrected chi connectivity index (χ2v) is 7.48. The maximum absolute atomic E-state index is 12.9. The summed E-state index contributed by atoms with van der Waals surface area (Å²) in [6.07, 6.45) is -2.63. The van der Waals surface area contributed by atoms with Gasteiger partial charge in [-0.25, -0.2) is 8.42 Å². The molecule has 0 bridgehead atoms. The van der Waals surface area contributed by atoms with Crippen molar-refractivity contribution < 1.29 is 26.4 Å². The van der Waals surface area contributed by atoms with Crippen LogP contribution < -0.4 is 5.32 Å². The Bertz CT molecular complexity index is 716. The van der Waals surface area contributed by atoms with Crippen LogP contribution >= 0.6 is 0 Å². The van der Waals surface area contributed by atoms with E-state index in [9.17, 15) is 26.4 Å². The zero-order valence-corrected chi connectivity index (χ0v) is 13.5. The van der Waals surface area contributed by atoms with Crippen molar-refractivity contribution in [1.82, 2.24) is 4.31 Å². The lowest BCUT2D eigenvalue weighted by atomic mass is 10.1. The fourth-order valence-electron chi connectivity index (χ4n) is 2.63. The number of carbonyl (C=O) groups excluding carboxylic acids is 1. The van der Waals surface area contributed by atoms with Gasteiger partial charge < -0.3 is 5.32 Å². The van der Waals surface area contributed by atoms with Crippen molar-refractivity contribution in [3.63, 3.8) is 0 Å². The summed E-state index contributed by atoms with van der Waals surface area (Å²) in [7, 11) is -3.53. The van der Waals surface area contributed by atoms with Crippen LogP contribution in [0.25, 0.3) is 0 Å². The number of anilines is 1. The van der Waals surface area contributed by atoms with Gasteiger partial charge in [0.2, 0.25) is 15.9 Å². The summed E-state index contributed by atoms with van der Waals surface area (Å²) >= 11 is 0. The SMILES string of the molecule is Cc1ccc(NC(=O)C2CCCN2S(C)(=O)=O)cc1C(F)(F)F. The lowest BCUT2D eigenvalue weighted by molar-refractivity contribution is -0.138. The Labute approximate surface area is 132 Å². The Morgan fingerprint density at radius 1 is 1.35 bits per heavy atom. The number of aryl methyl sites for hydroxylation is 1. The van der Waals surface area contributed by atoms with E-state index in [1.54, 1.807) is 0 Å². The summed E-state index contributed by atoms with van der Waals surface area (Å²) in [5.74, 6) is -0.620. The van der Waals surface area contributed by atoms with Crippen molar-refractivity contribution in [3.05, 3.63) is 29.3 Å². The maximum atomic E-state index is 12.9. The third-order valence-electron chi connectivity index (χ3n) is 3.74. The summed E-state index contributed by atoms with van der Waals surface area (Å²) < 4.78 is 63.0. The van der Waals surface area contributed by atoms with Crippen LogP contribution in [0, 0.1) is 6.92 Å². The van der Waals surface area contributed by atoms with Crippen LogP contribution in [-0.2, 0) is 21.0 Å². The Hall–Kier alpha value is -1.61. The smallest absolute Gasteiger partial charge is 0.325 e. The van der Waals surface area contributed by atoms with Crippen LogP contribution in [-0.4, -0.2) is 37.5 Å². The van der Waals surface area contributed by atoms with Crippen molar-refractivity contribution in [3.8, 4) is 0 Å². The Morgan fingerprint density at radius 2 is 2.00 bits per heavy atom. The van der Waals surface area contributed by atoms with E-state index in [1.807, 2.05) is 0 Å². The van der Waals surface area contributed by atoms with E-state index in [0.717, 1.165) is 16.6 Å². The molecule has 1 fully saturated rings. The second kappa shape index (κ2) is 6.12. The highest BCUT2D eigenvalue weighted by Crippen LogP contribution is 2.33. The number of hydrogen-bond donors (Lipinski definition) is 1. The highest BCUT2D eigenvalue weighted by atomic mass is 32.2. The second-order valence-electron chi connectivity index (χ2n) is 5.55. The first-order valence-corrected chi connectivity index (χ1v) is 8.80. The molecule has 0 saturated carbocycles. The summed E-state index contributed by atoms with van der Waals surface area (Å²) in [6, 6.07) is 2.59. The fourth-order valence-corrected chi connectivity index (χ4v) is 3.75. The number of nitrogens with one attached hydrogen (secondary N) is 1. The molecular formula is C14H17F3N2O3S. The number of sulfonamides is 1. The molecule has 1 aliphatic heterocycles. The number of carbonyl (C=O) groups is 1. The van der Waals surface area contributed by atoms with Gasteiger partial charge in [-0.05, 0) is 37.5 Å². The van der Waals surface area contributed by atoms with E-state index >= 15 is 0 Å². The van der Waals surface area contributed by atoms with Gasteiger partial charge in [-0.1, -0.05) is 6.07 Å². The molecular weight excluding hydrogens is 333 g/mol. The first-order valence-electron chi connectivity index (χ1n) is 6.95. The predicted molar refractivity (Wildman–Crippen MR) is 79.4 cm³/mol. The molecule has 0 spiro atoms. The third-order valence-corrected chi connectivity index (χ3v) is 5.03. The maximum Gasteiger partial charge on any atom is 0.416 e. The molecule has 23 heavy (non-hydrogen) atoms. The van der Waals surface area contributed by atoms with Crippen molar-refractivity contribution >= 4 is 21.6 Å². The van der Waals surface area contributed by atoms with E-state index < -0.39 is 33.7 Å². The Kier molecular flexibility index (Phi) is 4.72. The average Bonchev–Trinajstić information content (AvgIpc) is 2.89. The molecule has 1 saturated heterocycles. The third kappa shape index (κ3) is 4.03. The monoisotopic (exact) mass is 350 g/mol. The standard InChI is InChI=1S/C14H17F3N2O3S/c1-9-5-6-10(8-11(9)14(15,16)17)18-13(20)12-4-3-7-19(12)23(2,21)22/h5-6,8,12H,3-4,7H2,1-2H3,(H,18,20). The van der Waals surface area contributed by atoms with Crippen LogP contribution in [0.1, 0.15) is 24.0 Å². The zero-order valence-electron chi connectivity index (χ0n) is 12.6. The number of alkyl halides is 3. The van der Waals surface area contributed by atoms with Crippen molar-refractivity contribution in [2.75, 3.05) is 18.1 Å². The molecule has 0 radical (unpaired) electrons. The number of nitrogens with zero attached hydrogens (tertiary/aromatic N) is 1. The number of benzene rings is 1. The number of rotatable bonds is 3. The first kappa shape index (κ1) is 17.7. The van der Waals surface area contributed by atoms with Gasteiger partial charge in [-0.3, -0.25) is 4.79 Å². The van der Waals surface area contributed by atoms with Gasteiger partial charge in [0.1, 0.15) is 6.04 Å². The molecule has 1 aromatic rings. The van der Waals surface area contributed by atoms with E-state index in [2.05, 4.69) is 5.32 Å². The van der Waals surface area contributed by atoms with Crippen LogP contribution in [0.5, 0.6) is 0 Å². The molecule has 9 heteroatoms. The Balaban J connectivity index is 2.21. The molecule has 1 heterocycles. The van der Waals surface area contributed by atoms with Gasteiger partial charge in [0.05, 0.1) is 11.8 Å². The molecule has 1 aliphatic rings. The molecule has 1 N–H and O–H groups in total. The molecule has 1 amide bonds. The summed E-state index contributed by atoms with van der Waals surface area (Å²) in [5, 5.41) is 2.38. The van der Waals surface area contributed by atoms with Gasteiger partial charge in [0.25, 0.3) is 0 Å². The molecule has 1 atom stereocenters. The zero-order chi connectivity index (χ0) is 17.4. The minimum absolute atomic E-state index is 0.00623. The quantitative estimate of drug-likeness (QED) is 0.910. The van der Waals surface area contributed by atoms with Gasteiger partial charge >= 0.3 is 6.18 Å². The summed E-state index contributed by atoms with van der Waals surface area (Å²) in [5.41, 5.74) is -0.788. The van der Waals surface area contributed by atoms with Crippen LogP contribution in [0.4, 0.5) is 18.9 Å². The van der Waals surface area contributed by atoms with Crippen molar-refractivity contribution in [2.24, 2.45) is 0 Å². The fraction of sp³-hybridized carbons (Fsp3) is 0.500. The molecule has 1 aromatic carbocycles. The number of hydrogen-bond acceptors (Lipinski definition) is 3. The van der Waals surface area contributed by atoms with Crippen molar-refractivity contribution in [1.29, 1.82) is 0 Å². The van der Waals surface area contributed by atoms with Gasteiger partial charge in [-0.2, -0.15) is 17.5 Å². The van der Waals surface area contributed by atoms with Gasteiger partial charge in [-0.15, -0.1) is 0 Å². The van der Waals surface area contributed by atoms with E-state index in [-0.39, 0.29) is 17.8 Å². The topological polar surface area (TPSA) is 66.5 Å². The van der Waals surface area contributed by atoms with E-state index in [4.69, 9.17) is 0 Å². The highest BCUT2D eigenvalue weighted by Gasteiger charge is 2.37. The summed E-state index contributed by atoms with van der Waals surface area (Å²) in [6.45, 7) is 1.56. The molecule has 128 valence electrons. The number of halogens is 3. The predicted octanol–water partition coefficient (Wildman–Crippen LogP) is 2.38. The first-order chi connectivity index (χ1) is 10.5. The van der Waals surface area contributed by atoms with Gasteiger partial charge in [0, 0.05) is 12.2 Å². The van der Waals surface area contributed by atoms with Crippen LogP contribution in [0.3, 0.4) is 0 Å². The molecule has 2 rings (SSSR count). The lowest BCUT2D eigenvalue weighted by Gasteiger charge is -2.21. The Morgan fingerprint density at radius 3 is 2.57 bits per heavy atom. The molecule has 0 aliphatic carbocycles. The highest BCUT2D eigenvalue weighted by molar-refractivity contribution is 7.88. The van der Waals surface area contributed by atoms with Crippen LogP contribution in [0.15, 0.2) is 18.2 Å². The number of amides is 1. The lowest BCUT2D eigenvalue weighted by Crippen LogP contribution is -2.42. The minimum Gasteiger partial charge on any atom is -0.325 e.